The number of sulfonamides is 1. The molecule has 1 aromatic carbocycles. The summed E-state index contributed by atoms with van der Waals surface area (Å²) < 4.78 is 33.1. The number of rotatable bonds is 3. The summed E-state index contributed by atoms with van der Waals surface area (Å²) in [6.45, 7) is 2.45. The number of benzene rings is 1. The molecule has 0 bridgehead atoms. The van der Waals surface area contributed by atoms with Gasteiger partial charge in [-0.05, 0) is 31.5 Å². The van der Waals surface area contributed by atoms with E-state index in [4.69, 9.17) is 10.5 Å². The molecule has 0 amide bonds. The Kier molecular flexibility index (Phi) is 3.19. The third-order valence-corrected chi connectivity index (χ3v) is 5.17. The maximum atomic E-state index is 12.5. The molecule has 1 saturated heterocycles. The van der Waals surface area contributed by atoms with Gasteiger partial charge in [0, 0.05) is 29.4 Å². The Labute approximate surface area is 117 Å². The number of nitrogen functional groups attached to an aromatic ring is 1. The first-order valence-electron chi connectivity index (χ1n) is 6.48. The van der Waals surface area contributed by atoms with Gasteiger partial charge in [-0.3, -0.25) is 0 Å². The van der Waals surface area contributed by atoms with Crippen LogP contribution in [0.3, 0.4) is 0 Å². The Morgan fingerprint density at radius 3 is 2.95 bits per heavy atom. The average Bonchev–Trinajstić information content (AvgIpc) is 2.96. The number of nitrogens with two attached hydrogens (primary N) is 1. The smallest absolute Gasteiger partial charge is 0.243 e. The maximum absolute atomic E-state index is 12.5. The lowest BCUT2D eigenvalue weighted by atomic mass is 10.2. The summed E-state index contributed by atoms with van der Waals surface area (Å²) in [7, 11) is -3.59. The third kappa shape index (κ3) is 2.28. The van der Waals surface area contributed by atoms with Gasteiger partial charge < -0.3 is 15.5 Å². The van der Waals surface area contributed by atoms with Gasteiger partial charge in [-0.1, -0.05) is 0 Å². The van der Waals surface area contributed by atoms with Crippen LogP contribution < -0.4 is 10.5 Å². The molecule has 7 heteroatoms. The summed E-state index contributed by atoms with van der Waals surface area (Å²) in [5.41, 5.74) is 7.01. The van der Waals surface area contributed by atoms with Crippen LogP contribution in [-0.2, 0) is 14.8 Å². The Morgan fingerprint density at radius 1 is 1.45 bits per heavy atom. The van der Waals surface area contributed by atoms with Crippen LogP contribution in [0.2, 0.25) is 0 Å². The average molecular weight is 295 g/mol. The molecule has 0 spiro atoms. The summed E-state index contributed by atoms with van der Waals surface area (Å²) in [5, 5.41) is 0.601. The molecule has 0 aliphatic carbocycles. The molecule has 6 nitrogen and oxygen atoms in total. The maximum Gasteiger partial charge on any atom is 0.243 e. The van der Waals surface area contributed by atoms with Gasteiger partial charge in [0.25, 0.3) is 0 Å². The highest BCUT2D eigenvalue weighted by atomic mass is 32.2. The number of hydrogen-bond donors (Lipinski definition) is 3. The van der Waals surface area contributed by atoms with Crippen molar-refractivity contribution in [1.29, 1.82) is 0 Å². The molecule has 20 heavy (non-hydrogen) atoms. The first-order valence-corrected chi connectivity index (χ1v) is 7.96. The zero-order chi connectivity index (χ0) is 14.3. The molecule has 0 saturated carbocycles. The van der Waals surface area contributed by atoms with Crippen molar-refractivity contribution in [3.63, 3.8) is 0 Å². The number of fused-ring (bicyclic) bond motifs is 1. The van der Waals surface area contributed by atoms with Crippen molar-refractivity contribution in [2.45, 2.75) is 30.4 Å². The highest BCUT2D eigenvalue weighted by Gasteiger charge is 2.30. The Bertz CT molecular complexity index is 738. The van der Waals surface area contributed by atoms with Crippen LogP contribution in [0.15, 0.2) is 29.3 Å². The fraction of sp³-hybridized carbons (Fsp3) is 0.385. The van der Waals surface area contributed by atoms with E-state index in [1.807, 2.05) is 6.92 Å². The third-order valence-electron chi connectivity index (χ3n) is 3.64. The fourth-order valence-corrected chi connectivity index (χ4v) is 3.99. The zero-order valence-corrected chi connectivity index (χ0v) is 11.9. The molecule has 108 valence electrons. The first-order chi connectivity index (χ1) is 9.47. The van der Waals surface area contributed by atoms with Gasteiger partial charge in [0.1, 0.15) is 4.90 Å². The van der Waals surface area contributed by atoms with E-state index in [2.05, 4.69) is 9.71 Å². The monoisotopic (exact) mass is 295 g/mol. The fourth-order valence-electron chi connectivity index (χ4n) is 2.48. The lowest BCUT2D eigenvalue weighted by Crippen LogP contribution is -2.39. The minimum Gasteiger partial charge on any atom is -0.399 e. The lowest BCUT2D eigenvalue weighted by molar-refractivity contribution is 0.117. The summed E-state index contributed by atoms with van der Waals surface area (Å²) in [6, 6.07) is 4.97. The van der Waals surface area contributed by atoms with Gasteiger partial charge in [0.2, 0.25) is 10.0 Å². The second-order valence-corrected chi connectivity index (χ2v) is 6.73. The van der Waals surface area contributed by atoms with Crippen molar-refractivity contribution in [3.05, 3.63) is 24.4 Å². The van der Waals surface area contributed by atoms with Gasteiger partial charge in [-0.15, -0.1) is 0 Å². The molecule has 2 atom stereocenters. The summed E-state index contributed by atoms with van der Waals surface area (Å²) in [5.74, 6) is 0. The van der Waals surface area contributed by atoms with Crippen LogP contribution >= 0.6 is 0 Å². The molecular formula is C13H17N3O3S. The van der Waals surface area contributed by atoms with E-state index in [0.29, 0.717) is 24.1 Å². The van der Waals surface area contributed by atoms with Crippen molar-refractivity contribution in [2.24, 2.45) is 0 Å². The summed E-state index contributed by atoms with van der Waals surface area (Å²) in [4.78, 5) is 3.17. The summed E-state index contributed by atoms with van der Waals surface area (Å²) >= 11 is 0. The van der Waals surface area contributed by atoms with E-state index in [1.165, 1.54) is 6.20 Å². The van der Waals surface area contributed by atoms with Crippen LogP contribution in [0.1, 0.15) is 13.3 Å². The van der Waals surface area contributed by atoms with Crippen molar-refractivity contribution in [2.75, 3.05) is 12.3 Å². The van der Waals surface area contributed by atoms with Gasteiger partial charge in [-0.2, -0.15) is 0 Å². The van der Waals surface area contributed by atoms with E-state index in [1.54, 1.807) is 18.2 Å². The number of ether oxygens (including phenoxy) is 1. The number of nitrogens with one attached hydrogen (secondary N) is 2. The molecule has 4 N–H and O–H groups in total. The van der Waals surface area contributed by atoms with E-state index < -0.39 is 10.0 Å². The first kappa shape index (κ1) is 13.4. The van der Waals surface area contributed by atoms with Crippen LogP contribution in [0.25, 0.3) is 10.9 Å². The molecule has 0 radical (unpaired) electrons. The Morgan fingerprint density at radius 2 is 2.25 bits per heavy atom. The number of aromatic amines is 1. The molecule has 2 heterocycles. The Balaban J connectivity index is 1.98. The molecule has 1 aliphatic heterocycles. The highest BCUT2D eigenvalue weighted by molar-refractivity contribution is 7.89. The van der Waals surface area contributed by atoms with Crippen LogP contribution in [0.4, 0.5) is 5.69 Å². The molecule has 1 fully saturated rings. The van der Waals surface area contributed by atoms with E-state index in [9.17, 15) is 8.42 Å². The van der Waals surface area contributed by atoms with Gasteiger partial charge >= 0.3 is 0 Å². The second kappa shape index (κ2) is 4.76. The van der Waals surface area contributed by atoms with E-state index in [-0.39, 0.29) is 17.0 Å². The van der Waals surface area contributed by atoms with Gasteiger partial charge in [0.15, 0.2) is 0 Å². The molecule has 3 rings (SSSR count). The molecule has 2 unspecified atom stereocenters. The van der Waals surface area contributed by atoms with Crippen molar-refractivity contribution in [3.8, 4) is 0 Å². The van der Waals surface area contributed by atoms with Crippen LogP contribution in [0, 0.1) is 0 Å². The minimum absolute atomic E-state index is 0.111. The second-order valence-electron chi connectivity index (χ2n) is 5.05. The van der Waals surface area contributed by atoms with Crippen LogP contribution in [0.5, 0.6) is 0 Å². The Hall–Kier alpha value is -1.57. The van der Waals surface area contributed by atoms with E-state index >= 15 is 0 Å². The topological polar surface area (TPSA) is 97.2 Å². The number of aromatic nitrogens is 1. The SMILES string of the molecule is CC1OCCC1NS(=O)(=O)c1c[nH]c2ccc(N)cc12. The molecule has 2 aromatic rings. The van der Waals surface area contributed by atoms with Gasteiger partial charge in [0.05, 0.1) is 12.1 Å². The number of hydrogen-bond acceptors (Lipinski definition) is 4. The van der Waals surface area contributed by atoms with Crippen molar-refractivity contribution >= 4 is 26.6 Å². The standard InChI is InChI=1S/C13H17N3O3S/c1-8-11(4-5-19-8)16-20(17,18)13-7-15-12-3-2-9(14)6-10(12)13/h2-3,6-8,11,15-16H,4-5,14H2,1H3. The zero-order valence-electron chi connectivity index (χ0n) is 11.1. The van der Waals surface area contributed by atoms with E-state index in [0.717, 1.165) is 5.52 Å². The molecule has 1 aliphatic rings. The summed E-state index contributed by atoms with van der Waals surface area (Å²) in [6.07, 6.45) is 2.07. The highest BCUT2D eigenvalue weighted by Crippen LogP contribution is 2.26. The van der Waals surface area contributed by atoms with Crippen molar-refractivity contribution in [1.82, 2.24) is 9.71 Å². The number of H-pyrrole nitrogens is 1. The molecule has 1 aromatic heterocycles. The van der Waals surface area contributed by atoms with Crippen molar-refractivity contribution < 1.29 is 13.2 Å². The van der Waals surface area contributed by atoms with Crippen LogP contribution in [-0.4, -0.2) is 32.2 Å². The minimum atomic E-state index is -3.59. The predicted molar refractivity (Wildman–Crippen MR) is 76.9 cm³/mol. The quantitative estimate of drug-likeness (QED) is 0.741. The molecular weight excluding hydrogens is 278 g/mol. The number of anilines is 1. The van der Waals surface area contributed by atoms with Gasteiger partial charge in [-0.25, -0.2) is 13.1 Å². The largest absolute Gasteiger partial charge is 0.399 e. The lowest BCUT2D eigenvalue weighted by Gasteiger charge is -2.15. The normalized spacial score (nSPS) is 23.4. The predicted octanol–water partition coefficient (Wildman–Crippen LogP) is 1.21.